The van der Waals surface area contributed by atoms with Crippen LogP contribution in [-0.4, -0.2) is 51.7 Å². The number of anilines is 3. The van der Waals surface area contributed by atoms with Crippen molar-refractivity contribution in [3.05, 3.63) is 70.7 Å². The van der Waals surface area contributed by atoms with E-state index < -0.39 is 23.7 Å². The Bertz CT molecular complexity index is 1490. The highest BCUT2D eigenvalue weighted by Crippen LogP contribution is 2.37. The molecule has 0 radical (unpaired) electrons. The summed E-state index contributed by atoms with van der Waals surface area (Å²) in [6.45, 7) is 12.7. The molecule has 42 heavy (non-hydrogen) atoms. The maximum absolute atomic E-state index is 13.4. The molecule has 1 unspecified atom stereocenters. The van der Waals surface area contributed by atoms with E-state index in [-0.39, 0.29) is 11.9 Å². The van der Waals surface area contributed by atoms with Crippen LogP contribution in [0.15, 0.2) is 42.5 Å². The molecule has 0 spiro atoms. The second kappa shape index (κ2) is 11.6. The van der Waals surface area contributed by atoms with Crippen LogP contribution in [0.3, 0.4) is 0 Å². The van der Waals surface area contributed by atoms with Crippen molar-refractivity contribution in [3.63, 3.8) is 0 Å². The Morgan fingerprint density at radius 1 is 1.05 bits per heavy atom. The second-order valence-corrected chi connectivity index (χ2v) is 11.9. The van der Waals surface area contributed by atoms with Gasteiger partial charge in [0, 0.05) is 30.0 Å². The molecule has 2 aromatic carbocycles. The lowest BCUT2D eigenvalue weighted by molar-refractivity contribution is -0.139. The molecule has 1 amide bonds. The Morgan fingerprint density at radius 3 is 2.50 bits per heavy atom. The predicted octanol–water partition coefficient (Wildman–Crippen LogP) is 6.40. The summed E-state index contributed by atoms with van der Waals surface area (Å²) in [6.07, 6.45) is 1.51. The Morgan fingerprint density at radius 2 is 1.79 bits per heavy atom. The summed E-state index contributed by atoms with van der Waals surface area (Å²) in [4.78, 5) is 38.9. The fourth-order valence-electron chi connectivity index (χ4n) is 5.51. The summed E-state index contributed by atoms with van der Waals surface area (Å²) in [5.41, 5.74) is 4.15. The number of hydrogen-bond donors (Lipinski definition) is 1. The van der Waals surface area contributed by atoms with Gasteiger partial charge in [0.2, 0.25) is 5.95 Å². The third-order valence-electron chi connectivity index (χ3n) is 7.76. The first kappa shape index (κ1) is 29.3. The predicted molar refractivity (Wildman–Crippen MR) is 159 cm³/mol. The van der Waals surface area contributed by atoms with E-state index >= 15 is 0 Å². The molecule has 0 bridgehead atoms. The zero-order chi connectivity index (χ0) is 30.2. The molecule has 2 aliphatic rings. The van der Waals surface area contributed by atoms with E-state index in [1.54, 1.807) is 32.9 Å². The van der Waals surface area contributed by atoms with E-state index in [1.807, 2.05) is 32.0 Å². The van der Waals surface area contributed by atoms with Gasteiger partial charge in [0.1, 0.15) is 29.0 Å². The number of amides is 1. The van der Waals surface area contributed by atoms with Crippen molar-refractivity contribution in [1.29, 1.82) is 0 Å². The Labute approximate surface area is 246 Å². The highest BCUT2D eigenvalue weighted by Gasteiger charge is 2.38. The van der Waals surface area contributed by atoms with Crippen LogP contribution in [0.1, 0.15) is 69.0 Å². The van der Waals surface area contributed by atoms with Crippen LogP contribution in [0.5, 0.6) is 5.75 Å². The number of esters is 1. The molecule has 3 heterocycles. The van der Waals surface area contributed by atoms with Crippen LogP contribution in [0.2, 0.25) is 0 Å². The van der Waals surface area contributed by atoms with Crippen molar-refractivity contribution in [3.8, 4) is 5.75 Å². The maximum Gasteiger partial charge on any atom is 0.411 e. The summed E-state index contributed by atoms with van der Waals surface area (Å²) in [5.74, 6) is 1.01. The normalized spacial score (nSPS) is 18.5. The van der Waals surface area contributed by atoms with E-state index in [0.29, 0.717) is 36.9 Å². The lowest BCUT2D eigenvalue weighted by Gasteiger charge is -2.37. The van der Waals surface area contributed by atoms with Gasteiger partial charge in [-0.2, -0.15) is 4.98 Å². The van der Waals surface area contributed by atoms with Crippen molar-refractivity contribution in [2.45, 2.75) is 78.5 Å². The number of fused-ring (bicyclic) bond motifs is 1. The Balaban J connectivity index is 1.31. The van der Waals surface area contributed by atoms with E-state index in [1.165, 1.54) is 17.0 Å². The molecule has 3 aromatic rings. The number of aryl methyl sites for hydroxylation is 1. The molecule has 1 fully saturated rings. The number of carbonyl (C=O) groups is 2. The molecule has 1 saturated heterocycles. The summed E-state index contributed by atoms with van der Waals surface area (Å²) in [6, 6.07) is 11.2. The zero-order valence-electron chi connectivity index (χ0n) is 25.0. The largest absolute Gasteiger partial charge is 0.444 e. The highest BCUT2D eigenvalue weighted by molar-refractivity contribution is 5.83. The molecular weight excluding hydrogens is 537 g/mol. The molecule has 222 valence electrons. The van der Waals surface area contributed by atoms with Crippen molar-refractivity contribution in [2.75, 3.05) is 23.3 Å². The van der Waals surface area contributed by atoms with Crippen molar-refractivity contribution in [2.24, 2.45) is 0 Å². The number of hydrogen-bond acceptors (Lipinski definition) is 8. The first-order chi connectivity index (χ1) is 19.9. The molecule has 9 nitrogen and oxygen atoms in total. The Kier molecular flexibility index (Phi) is 8.08. The third kappa shape index (κ3) is 6.32. The lowest BCUT2D eigenvalue weighted by atomic mass is 9.93. The van der Waals surface area contributed by atoms with Gasteiger partial charge in [-0.25, -0.2) is 19.0 Å². The number of carbonyl (C=O) groups excluding carboxylic acids is 2. The molecule has 0 aliphatic carbocycles. The van der Waals surface area contributed by atoms with Crippen LogP contribution >= 0.6 is 0 Å². The maximum atomic E-state index is 13.4. The standard InChI is InChI=1S/C32H38FN5O4/c1-19-20(2)34-30(35-24-11-9-23(33)10-12-24)36-28(19)37-17-15-22-18-25(13-14-26(22)21(37)3)41-29(39)27-8-7-16-38(27)31(40)42-32(4,5)6/h9-14,18,21,27H,7-8,15-17H2,1-6H3,(H,34,35,36)/t21?,27-/m1/s1. The van der Waals surface area contributed by atoms with Crippen molar-refractivity contribution in [1.82, 2.24) is 14.9 Å². The van der Waals surface area contributed by atoms with Gasteiger partial charge in [-0.3, -0.25) is 4.90 Å². The molecule has 0 saturated carbocycles. The van der Waals surface area contributed by atoms with E-state index in [9.17, 15) is 14.0 Å². The second-order valence-electron chi connectivity index (χ2n) is 11.9. The number of aromatic nitrogens is 2. The average molecular weight is 576 g/mol. The number of rotatable bonds is 5. The molecule has 2 aliphatic heterocycles. The summed E-state index contributed by atoms with van der Waals surface area (Å²) in [7, 11) is 0. The first-order valence-electron chi connectivity index (χ1n) is 14.4. The lowest BCUT2D eigenvalue weighted by Crippen LogP contribution is -2.44. The molecule has 10 heteroatoms. The summed E-state index contributed by atoms with van der Waals surface area (Å²) < 4.78 is 24.6. The van der Waals surface area contributed by atoms with E-state index in [2.05, 4.69) is 22.1 Å². The number of halogens is 1. The van der Waals surface area contributed by atoms with Crippen LogP contribution in [0.25, 0.3) is 0 Å². The van der Waals surface area contributed by atoms with Gasteiger partial charge in [0.05, 0.1) is 6.04 Å². The third-order valence-corrected chi connectivity index (χ3v) is 7.76. The molecule has 2 atom stereocenters. The van der Waals surface area contributed by atoms with Gasteiger partial charge in [-0.1, -0.05) is 6.07 Å². The average Bonchev–Trinajstić information content (AvgIpc) is 3.42. The number of benzene rings is 2. The van der Waals surface area contributed by atoms with Gasteiger partial charge in [0.25, 0.3) is 0 Å². The summed E-state index contributed by atoms with van der Waals surface area (Å²) >= 11 is 0. The number of ether oxygens (including phenoxy) is 2. The van der Waals surface area contributed by atoms with Crippen LogP contribution < -0.4 is 15.0 Å². The number of nitrogens with zero attached hydrogens (tertiary/aromatic N) is 4. The topological polar surface area (TPSA) is 96.9 Å². The van der Waals surface area contributed by atoms with Crippen molar-refractivity contribution >= 4 is 29.5 Å². The van der Waals surface area contributed by atoms with Gasteiger partial charge in [-0.05, 0) is 108 Å². The van der Waals surface area contributed by atoms with Gasteiger partial charge in [0.15, 0.2) is 0 Å². The smallest absolute Gasteiger partial charge is 0.411 e. The molecular formula is C32H38FN5O4. The van der Waals surface area contributed by atoms with Gasteiger partial charge >= 0.3 is 12.1 Å². The van der Waals surface area contributed by atoms with Crippen LogP contribution in [0.4, 0.5) is 26.6 Å². The minimum absolute atomic E-state index is 0.0164. The van der Waals surface area contributed by atoms with Gasteiger partial charge < -0.3 is 19.7 Å². The first-order valence-corrected chi connectivity index (χ1v) is 14.4. The van der Waals surface area contributed by atoms with E-state index in [4.69, 9.17) is 14.5 Å². The molecule has 5 rings (SSSR count). The molecule has 1 N–H and O–H groups in total. The highest BCUT2D eigenvalue weighted by atomic mass is 19.1. The minimum atomic E-state index is -0.660. The fraction of sp³-hybridized carbons (Fsp3) is 0.438. The quantitative estimate of drug-likeness (QED) is 0.276. The monoisotopic (exact) mass is 575 g/mol. The minimum Gasteiger partial charge on any atom is -0.444 e. The van der Waals surface area contributed by atoms with Crippen molar-refractivity contribution < 1.29 is 23.5 Å². The zero-order valence-corrected chi connectivity index (χ0v) is 25.0. The van der Waals surface area contributed by atoms with Crippen LogP contribution in [0, 0.1) is 19.7 Å². The van der Waals surface area contributed by atoms with Crippen LogP contribution in [-0.2, 0) is 16.0 Å². The number of nitrogens with one attached hydrogen (secondary N) is 1. The van der Waals surface area contributed by atoms with E-state index in [0.717, 1.165) is 41.0 Å². The van der Waals surface area contributed by atoms with Gasteiger partial charge in [-0.15, -0.1) is 0 Å². The molecule has 1 aromatic heterocycles. The number of likely N-dealkylation sites (tertiary alicyclic amines) is 1. The fourth-order valence-corrected chi connectivity index (χ4v) is 5.51. The SMILES string of the molecule is Cc1nc(Nc2ccc(F)cc2)nc(N2CCc3cc(OC(=O)[C@H]4CCCN4C(=O)OC(C)(C)C)ccc3C2C)c1C. The Hall–Kier alpha value is -4.21. The summed E-state index contributed by atoms with van der Waals surface area (Å²) in [5, 5.41) is 3.19.